The molecule has 0 aromatic rings. The number of aliphatic hydroxyl groups is 1. The third kappa shape index (κ3) is 5.54. The molecule has 1 aliphatic carbocycles. The molecule has 2 fully saturated rings. The average Bonchev–Trinajstić information content (AvgIpc) is 2.71. The van der Waals surface area contributed by atoms with Crippen molar-refractivity contribution in [3.63, 3.8) is 0 Å². The van der Waals surface area contributed by atoms with Gasteiger partial charge in [-0.2, -0.15) is 0 Å². The number of piperidine rings is 1. The molecule has 2 aliphatic rings. The Bertz CT molecular complexity index is 279. The van der Waals surface area contributed by atoms with Crippen molar-refractivity contribution in [2.45, 2.75) is 83.3 Å². The Kier molecular flexibility index (Phi) is 6.97. The summed E-state index contributed by atoms with van der Waals surface area (Å²) in [5.74, 6) is 0.785. The maximum atomic E-state index is 10.7. The van der Waals surface area contributed by atoms with Crippen molar-refractivity contribution in [2.24, 2.45) is 5.92 Å². The van der Waals surface area contributed by atoms with Crippen molar-refractivity contribution >= 4 is 0 Å². The first-order valence-electron chi connectivity index (χ1n) is 9.31. The van der Waals surface area contributed by atoms with Crippen LogP contribution in [0.3, 0.4) is 0 Å². The van der Waals surface area contributed by atoms with E-state index in [-0.39, 0.29) is 0 Å². The molecule has 21 heavy (non-hydrogen) atoms. The number of rotatable bonds is 6. The van der Waals surface area contributed by atoms with Crippen molar-refractivity contribution in [1.82, 2.24) is 10.2 Å². The molecular weight excluding hydrogens is 260 g/mol. The van der Waals surface area contributed by atoms with Gasteiger partial charge in [0, 0.05) is 12.6 Å². The molecule has 1 saturated carbocycles. The molecule has 1 saturated heterocycles. The Labute approximate surface area is 131 Å². The van der Waals surface area contributed by atoms with Crippen LogP contribution >= 0.6 is 0 Å². The van der Waals surface area contributed by atoms with Crippen molar-refractivity contribution in [3.05, 3.63) is 0 Å². The standard InChI is InChI=1S/C18H36N2O/c1-3-12-20-13-8-17(9-14-20)16(2)19-15-18(21)10-6-4-5-7-11-18/h16-17,19,21H,3-15H2,1-2H3. The van der Waals surface area contributed by atoms with E-state index < -0.39 is 5.60 Å². The maximum absolute atomic E-state index is 10.7. The Hall–Kier alpha value is -0.120. The SMILES string of the molecule is CCCN1CCC(C(C)NCC2(O)CCCCCC2)CC1. The largest absolute Gasteiger partial charge is 0.389 e. The van der Waals surface area contributed by atoms with Gasteiger partial charge in [0.25, 0.3) is 0 Å². The summed E-state index contributed by atoms with van der Waals surface area (Å²) >= 11 is 0. The molecule has 3 nitrogen and oxygen atoms in total. The van der Waals surface area contributed by atoms with Gasteiger partial charge in [0.2, 0.25) is 0 Å². The third-order valence-corrected chi connectivity index (χ3v) is 5.67. The summed E-state index contributed by atoms with van der Waals surface area (Å²) in [4.78, 5) is 2.60. The zero-order valence-corrected chi connectivity index (χ0v) is 14.2. The highest BCUT2D eigenvalue weighted by atomic mass is 16.3. The first-order valence-corrected chi connectivity index (χ1v) is 9.31. The molecule has 1 unspecified atom stereocenters. The van der Waals surface area contributed by atoms with Crippen molar-refractivity contribution in [2.75, 3.05) is 26.2 Å². The first kappa shape index (κ1) is 17.2. The molecule has 2 N–H and O–H groups in total. The second kappa shape index (κ2) is 8.50. The number of hydrogen-bond donors (Lipinski definition) is 2. The molecule has 1 heterocycles. The summed E-state index contributed by atoms with van der Waals surface area (Å²) in [6.07, 6.45) is 10.9. The van der Waals surface area contributed by atoms with E-state index >= 15 is 0 Å². The highest BCUT2D eigenvalue weighted by Crippen LogP contribution is 2.27. The fraction of sp³-hybridized carbons (Fsp3) is 1.00. The Balaban J connectivity index is 1.70. The average molecular weight is 296 g/mol. The van der Waals surface area contributed by atoms with Crippen LogP contribution in [0.25, 0.3) is 0 Å². The lowest BCUT2D eigenvalue weighted by atomic mass is 9.88. The summed E-state index contributed by atoms with van der Waals surface area (Å²) in [6, 6.07) is 0.543. The highest BCUT2D eigenvalue weighted by Gasteiger charge is 2.30. The molecule has 2 rings (SSSR count). The number of nitrogens with zero attached hydrogens (tertiary/aromatic N) is 1. The van der Waals surface area contributed by atoms with Crippen LogP contribution in [0.1, 0.15) is 71.6 Å². The van der Waals surface area contributed by atoms with Crippen molar-refractivity contribution in [1.29, 1.82) is 0 Å². The minimum Gasteiger partial charge on any atom is -0.389 e. The molecule has 1 atom stereocenters. The van der Waals surface area contributed by atoms with Crippen molar-refractivity contribution in [3.8, 4) is 0 Å². The monoisotopic (exact) mass is 296 g/mol. The quantitative estimate of drug-likeness (QED) is 0.739. The molecule has 3 heteroatoms. The minimum atomic E-state index is -0.437. The Morgan fingerprint density at radius 3 is 2.33 bits per heavy atom. The van der Waals surface area contributed by atoms with Gasteiger partial charge >= 0.3 is 0 Å². The zero-order valence-electron chi connectivity index (χ0n) is 14.2. The van der Waals surface area contributed by atoms with Gasteiger partial charge < -0.3 is 15.3 Å². The second-order valence-corrected chi connectivity index (χ2v) is 7.49. The molecule has 0 amide bonds. The van der Waals surface area contributed by atoms with Crippen LogP contribution < -0.4 is 5.32 Å². The number of likely N-dealkylation sites (tertiary alicyclic amines) is 1. The van der Waals surface area contributed by atoms with E-state index in [2.05, 4.69) is 24.1 Å². The Morgan fingerprint density at radius 1 is 1.14 bits per heavy atom. The van der Waals surface area contributed by atoms with Crippen LogP contribution in [-0.2, 0) is 0 Å². The fourth-order valence-electron chi connectivity index (χ4n) is 4.07. The summed E-state index contributed by atoms with van der Waals surface area (Å²) in [6.45, 7) is 9.16. The summed E-state index contributed by atoms with van der Waals surface area (Å²) < 4.78 is 0. The van der Waals surface area contributed by atoms with Gasteiger partial charge in [0.15, 0.2) is 0 Å². The smallest absolute Gasteiger partial charge is 0.0771 e. The lowest BCUT2D eigenvalue weighted by Crippen LogP contribution is -2.48. The molecule has 1 aliphatic heterocycles. The van der Waals surface area contributed by atoms with E-state index in [1.54, 1.807) is 0 Å². The Morgan fingerprint density at radius 2 is 1.76 bits per heavy atom. The lowest BCUT2D eigenvalue weighted by Gasteiger charge is -2.36. The zero-order chi connectivity index (χ0) is 15.1. The summed E-state index contributed by atoms with van der Waals surface area (Å²) in [5, 5.41) is 14.4. The highest BCUT2D eigenvalue weighted by molar-refractivity contribution is 4.86. The van der Waals surface area contributed by atoms with Crippen LogP contribution in [0.15, 0.2) is 0 Å². The summed E-state index contributed by atoms with van der Waals surface area (Å²) in [5.41, 5.74) is -0.437. The van der Waals surface area contributed by atoms with E-state index in [0.29, 0.717) is 6.04 Å². The van der Waals surface area contributed by atoms with E-state index in [4.69, 9.17) is 0 Å². The topological polar surface area (TPSA) is 35.5 Å². The van der Waals surface area contributed by atoms with E-state index in [1.165, 1.54) is 64.6 Å². The first-order chi connectivity index (χ1) is 10.1. The minimum absolute atomic E-state index is 0.437. The molecule has 0 radical (unpaired) electrons. The molecular formula is C18H36N2O. The second-order valence-electron chi connectivity index (χ2n) is 7.49. The van der Waals surface area contributed by atoms with Gasteiger partial charge in [0.05, 0.1) is 5.60 Å². The predicted molar refractivity (Wildman–Crippen MR) is 89.6 cm³/mol. The molecule has 0 spiro atoms. The number of hydrogen-bond acceptors (Lipinski definition) is 3. The van der Waals surface area contributed by atoms with Crippen LogP contribution in [0, 0.1) is 5.92 Å². The van der Waals surface area contributed by atoms with Gasteiger partial charge in [-0.05, 0) is 64.6 Å². The van der Waals surface area contributed by atoms with E-state index in [9.17, 15) is 5.11 Å². The van der Waals surface area contributed by atoms with Gasteiger partial charge in [-0.15, -0.1) is 0 Å². The lowest BCUT2D eigenvalue weighted by molar-refractivity contribution is 0.0199. The van der Waals surface area contributed by atoms with Crippen LogP contribution in [0.4, 0.5) is 0 Å². The van der Waals surface area contributed by atoms with E-state index in [1.807, 2.05) is 0 Å². The fourth-order valence-corrected chi connectivity index (χ4v) is 4.07. The number of nitrogens with one attached hydrogen (secondary N) is 1. The van der Waals surface area contributed by atoms with Gasteiger partial charge in [0.1, 0.15) is 0 Å². The predicted octanol–water partition coefficient (Wildman–Crippen LogP) is 3.17. The molecule has 0 bridgehead atoms. The summed E-state index contributed by atoms with van der Waals surface area (Å²) in [7, 11) is 0. The van der Waals surface area contributed by atoms with Gasteiger partial charge in [-0.25, -0.2) is 0 Å². The molecule has 0 aromatic carbocycles. The van der Waals surface area contributed by atoms with E-state index in [0.717, 1.165) is 25.3 Å². The molecule has 124 valence electrons. The van der Waals surface area contributed by atoms with Crippen LogP contribution in [-0.4, -0.2) is 47.8 Å². The van der Waals surface area contributed by atoms with Crippen LogP contribution in [0.5, 0.6) is 0 Å². The maximum Gasteiger partial charge on any atom is 0.0771 e. The normalized spacial score (nSPS) is 26.4. The third-order valence-electron chi connectivity index (χ3n) is 5.67. The molecule has 0 aromatic heterocycles. The van der Waals surface area contributed by atoms with Crippen LogP contribution in [0.2, 0.25) is 0 Å². The van der Waals surface area contributed by atoms with Gasteiger partial charge in [-0.1, -0.05) is 32.6 Å². The van der Waals surface area contributed by atoms with Crippen molar-refractivity contribution < 1.29 is 5.11 Å². The van der Waals surface area contributed by atoms with Gasteiger partial charge in [-0.3, -0.25) is 0 Å².